The predicted octanol–water partition coefficient (Wildman–Crippen LogP) is 1.59. The highest BCUT2D eigenvalue weighted by Gasteiger charge is 2.35. The second-order valence-corrected chi connectivity index (χ2v) is 7.65. The maximum atomic E-state index is 13.0. The van der Waals surface area contributed by atoms with E-state index in [1.165, 1.54) is 6.92 Å². The van der Waals surface area contributed by atoms with Crippen LogP contribution >= 0.6 is 0 Å². The maximum Gasteiger partial charge on any atom is 0.276 e. The summed E-state index contributed by atoms with van der Waals surface area (Å²) in [5.41, 5.74) is 1.35. The number of carbonyl (C=O) groups is 2. The van der Waals surface area contributed by atoms with Gasteiger partial charge in [0.2, 0.25) is 5.91 Å². The third-order valence-corrected chi connectivity index (χ3v) is 5.64. The van der Waals surface area contributed by atoms with Gasteiger partial charge in [-0.3, -0.25) is 14.4 Å². The molecule has 9 nitrogen and oxygen atoms in total. The Kier molecular flexibility index (Phi) is 5.21. The third-order valence-electron chi connectivity index (χ3n) is 5.64. The molecule has 2 aliphatic heterocycles. The third kappa shape index (κ3) is 3.68. The average Bonchev–Trinajstić information content (AvgIpc) is 3.37. The molecule has 0 spiro atoms. The van der Waals surface area contributed by atoms with E-state index in [0.717, 1.165) is 19.3 Å². The van der Waals surface area contributed by atoms with Crippen LogP contribution in [0.2, 0.25) is 0 Å². The molecule has 1 N–H and O–H groups in total. The molecule has 0 radical (unpaired) electrons. The van der Waals surface area contributed by atoms with E-state index in [9.17, 15) is 14.4 Å². The molecule has 2 aromatic heterocycles. The number of hydrogen-bond acceptors (Lipinski definition) is 6. The second kappa shape index (κ2) is 7.81. The summed E-state index contributed by atoms with van der Waals surface area (Å²) in [6, 6.07) is 1.37. The summed E-state index contributed by atoms with van der Waals surface area (Å²) in [5.74, 6) is 0.911. The van der Waals surface area contributed by atoms with E-state index in [1.807, 2.05) is 6.92 Å². The number of amides is 2. The number of H-pyrrole nitrogens is 1. The molecule has 1 atom stereocenters. The number of aryl methyl sites for hydroxylation is 1. The summed E-state index contributed by atoms with van der Waals surface area (Å²) in [7, 11) is 0. The number of nitrogens with one attached hydrogen (secondary N) is 1. The molecule has 0 aliphatic carbocycles. The summed E-state index contributed by atoms with van der Waals surface area (Å²) in [6.45, 7) is 4.96. The lowest BCUT2D eigenvalue weighted by Gasteiger charge is -2.28. The molecule has 0 aromatic carbocycles. The first kappa shape index (κ1) is 19.4. The minimum Gasteiger partial charge on any atom is -0.361 e. The van der Waals surface area contributed by atoms with Crippen LogP contribution in [0.15, 0.2) is 15.4 Å². The normalized spacial score (nSPS) is 18.8. The van der Waals surface area contributed by atoms with Crippen molar-refractivity contribution in [3.8, 4) is 0 Å². The van der Waals surface area contributed by atoms with Crippen molar-refractivity contribution >= 4 is 11.8 Å². The molecule has 29 heavy (non-hydrogen) atoms. The first-order chi connectivity index (χ1) is 14.0. The summed E-state index contributed by atoms with van der Waals surface area (Å²) in [5, 5.41) is 3.92. The summed E-state index contributed by atoms with van der Waals surface area (Å²) < 4.78 is 5.25. The van der Waals surface area contributed by atoms with Gasteiger partial charge in [-0.1, -0.05) is 12.1 Å². The topological polar surface area (TPSA) is 112 Å². The van der Waals surface area contributed by atoms with Crippen LogP contribution in [0.1, 0.15) is 72.5 Å². The van der Waals surface area contributed by atoms with Crippen LogP contribution in [0, 0.1) is 0 Å². The molecule has 9 heteroatoms. The molecular formula is C20H25N5O4. The van der Waals surface area contributed by atoms with Crippen LogP contribution in [0.4, 0.5) is 0 Å². The zero-order chi connectivity index (χ0) is 20.5. The Hall–Kier alpha value is -2.97. The SMILES string of the molecule is CCCc1cc(C(=O)N2CCC[C@H]2c2nc3c(c(=O)[nH]2)CCN(C(C)=O)C3)no1. The van der Waals surface area contributed by atoms with Crippen molar-refractivity contribution in [1.29, 1.82) is 0 Å². The number of hydrogen-bond donors (Lipinski definition) is 1. The number of nitrogens with zero attached hydrogens (tertiary/aromatic N) is 4. The van der Waals surface area contributed by atoms with Crippen molar-refractivity contribution in [2.24, 2.45) is 0 Å². The molecule has 1 saturated heterocycles. The van der Waals surface area contributed by atoms with Crippen LogP contribution in [0.5, 0.6) is 0 Å². The van der Waals surface area contributed by atoms with Crippen molar-refractivity contribution < 1.29 is 14.1 Å². The quantitative estimate of drug-likeness (QED) is 0.835. The van der Waals surface area contributed by atoms with Crippen LogP contribution in [-0.2, 0) is 24.2 Å². The van der Waals surface area contributed by atoms with Crippen molar-refractivity contribution in [2.75, 3.05) is 13.1 Å². The molecule has 4 heterocycles. The monoisotopic (exact) mass is 399 g/mol. The molecular weight excluding hydrogens is 374 g/mol. The van der Waals surface area contributed by atoms with Crippen LogP contribution in [-0.4, -0.2) is 49.8 Å². The molecule has 2 aliphatic rings. The largest absolute Gasteiger partial charge is 0.361 e. The standard InChI is InChI=1S/C20H25N5O4/c1-3-5-13-10-15(23-29-13)20(28)25-8-4-6-17(25)18-21-16-11-24(12(2)26)9-7-14(16)19(27)22-18/h10,17H,3-9,11H2,1-2H3,(H,21,22,27)/t17-/m0/s1. The number of aromatic amines is 1. The summed E-state index contributed by atoms with van der Waals surface area (Å²) >= 11 is 0. The lowest BCUT2D eigenvalue weighted by atomic mass is 10.1. The summed E-state index contributed by atoms with van der Waals surface area (Å²) in [6.07, 6.45) is 3.66. The molecule has 154 valence electrons. The van der Waals surface area contributed by atoms with E-state index in [4.69, 9.17) is 4.52 Å². The van der Waals surface area contributed by atoms with Gasteiger partial charge in [0.15, 0.2) is 5.69 Å². The number of carbonyl (C=O) groups excluding carboxylic acids is 2. The van der Waals surface area contributed by atoms with Crippen molar-refractivity contribution in [3.63, 3.8) is 0 Å². The fraction of sp³-hybridized carbons (Fsp3) is 0.550. The Labute approximate surface area is 168 Å². The van der Waals surface area contributed by atoms with Crippen LogP contribution < -0.4 is 5.56 Å². The molecule has 0 unspecified atom stereocenters. The molecule has 1 fully saturated rings. The zero-order valence-electron chi connectivity index (χ0n) is 16.7. The van der Waals surface area contributed by atoms with Gasteiger partial charge < -0.3 is 19.3 Å². The minimum absolute atomic E-state index is 0.0362. The maximum absolute atomic E-state index is 13.0. The van der Waals surface area contributed by atoms with Gasteiger partial charge in [0.1, 0.15) is 11.6 Å². The van der Waals surface area contributed by atoms with E-state index in [-0.39, 0.29) is 29.1 Å². The van der Waals surface area contributed by atoms with Gasteiger partial charge in [0.05, 0.1) is 18.3 Å². The second-order valence-electron chi connectivity index (χ2n) is 7.65. The Bertz CT molecular complexity index is 995. The first-order valence-electron chi connectivity index (χ1n) is 10.1. The van der Waals surface area contributed by atoms with Crippen molar-refractivity contribution in [2.45, 2.75) is 58.5 Å². The van der Waals surface area contributed by atoms with Crippen molar-refractivity contribution in [3.05, 3.63) is 45.0 Å². The van der Waals surface area contributed by atoms with Gasteiger partial charge in [-0.15, -0.1) is 0 Å². The molecule has 4 rings (SSSR count). The van der Waals surface area contributed by atoms with Crippen LogP contribution in [0.3, 0.4) is 0 Å². The Morgan fingerprint density at radius 2 is 2.17 bits per heavy atom. The van der Waals surface area contributed by atoms with Gasteiger partial charge in [-0.05, 0) is 25.7 Å². The number of fused-ring (bicyclic) bond motifs is 1. The zero-order valence-corrected chi connectivity index (χ0v) is 16.7. The van der Waals surface area contributed by atoms with Gasteiger partial charge in [0.25, 0.3) is 11.5 Å². The summed E-state index contributed by atoms with van der Waals surface area (Å²) in [4.78, 5) is 48.2. The smallest absolute Gasteiger partial charge is 0.276 e. The van der Waals surface area contributed by atoms with Gasteiger partial charge in [-0.2, -0.15) is 0 Å². The Morgan fingerprint density at radius 1 is 1.34 bits per heavy atom. The van der Waals surface area contributed by atoms with Gasteiger partial charge >= 0.3 is 0 Å². The minimum atomic E-state index is -0.320. The molecule has 2 amide bonds. The first-order valence-corrected chi connectivity index (χ1v) is 10.1. The van der Waals surface area contributed by atoms with Crippen LogP contribution in [0.25, 0.3) is 0 Å². The predicted molar refractivity (Wildman–Crippen MR) is 103 cm³/mol. The molecule has 2 aromatic rings. The highest BCUT2D eigenvalue weighted by molar-refractivity contribution is 5.92. The molecule has 0 bridgehead atoms. The number of aromatic nitrogens is 3. The van der Waals surface area contributed by atoms with Crippen molar-refractivity contribution in [1.82, 2.24) is 24.9 Å². The Morgan fingerprint density at radius 3 is 2.93 bits per heavy atom. The highest BCUT2D eigenvalue weighted by atomic mass is 16.5. The Balaban J connectivity index is 1.61. The molecule has 0 saturated carbocycles. The van der Waals surface area contributed by atoms with E-state index < -0.39 is 0 Å². The van der Waals surface area contributed by atoms with Gasteiger partial charge in [0, 0.05) is 38.1 Å². The van der Waals surface area contributed by atoms with E-state index >= 15 is 0 Å². The fourth-order valence-electron chi connectivity index (χ4n) is 4.10. The lowest BCUT2D eigenvalue weighted by molar-refractivity contribution is -0.129. The average molecular weight is 399 g/mol. The van der Waals surface area contributed by atoms with E-state index in [1.54, 1.807) is 15.9 Å². The lowest BCUT2D eigenvalue weighted by Crippen LogP contribution is -2.39. The highest BCUT2D eigenvalue weighted by Crippen LogP contribution is 2.31. The van der Waals surface area contributed by atoms with Gasteiger partial charge in [-0.25, -0.2) is 4.98 Å². The van der Waals surface area contributed by atoms with E-state index in [0.29, 0.717) is 55.3 Å². The fourth-order valence-corrected chi connectivity index (χ4v) is 4.10. The number of likely N-dealkylation sites (tertiary alicyclic amines) is 1. The van der Waals surface area contributed by atoms with E-state index in [2.05, 4.69) is 15.1 Å². The number of rotatable bonds is 4.